The predicted octanol–water partition coefficient (Wildman–Crippen LogP) is 0.560. The molecule has 98 valence electrons. The molecule has 0 bridgehead atoms. The quantitative estimate of drug-likeness (QED) is 0.742. The summed E-state index contributed by atoms with van der Waals surface area (Å²) in [4.78, 5) is 0. The first kappa shape index (κ1) is 14.4. The molecule has 2 N–H and O–H groups in total. The van der Waals surface area contributed by atoms with Crippen molar-refractivity contribution in [3.63, 3.8) is 0 Å². The SMILES string of the molecule is NC1=[N+](c2ccc(Cl)c(Cl)c2)Cc2ccccc21.[Br-]. The Hall–Kier alpha value is -1.03. The second-order valence-corrected chi connectivity index (χ2v) is 5.04. The van der Waals surface area contributed by atoms with Gasteiger partial charge < -0.3 is 17.0 Å². The average molecular weight is 358 g/mol. The summed E-state index contributed by atoms with van der Waals surface area (Å²) in [6.45, 7) is 0.764. The summed E-state index contributed by atoms with van der Waals surface area (Å²) in [6.07, 6.45) is 0. The zero-order chi connectivity index (χ0) is 12.7. The van der Waals surface area contributed by atoms with Gasteiger partial charge in [-0.25, -0.2) is 4.58 Å². The molecule has 0 radical (unpaired) electrons. The lowest BCUT2D eigenvalue weighted by Gasteiger charge is -2.04. The van der Waals surface area contributed by atoms with Gasteiger partial charge in [-0.1, -0.05) is 41.4 Å². The van der Waals surface area contributed by atoms with Crippen LogP contribution >= 0.6 is 23.2 Å². The van der Waals surface area contributed by atoms with Gasteiger partial charge in [0.2, 0.25) is 0 Å². The summed E-state index contributed by atoms with van der Waals surface area (Å²) in [5.74, 6) is 0.754. The summed E-state index contributed by atoms with van der Waals surface area (Å²) >= 11 is 12.0. The highest BCUT2D eigenvalue weighted by atomic mass is 79.9. The lowest BCUT2D eigenvalue weighted by Crippen LogP contribution is -3.00. The molecule has 0 fully saturated rings. The van der Waals surface area contributed by atoms with Gasteiger partial charge in [0.15, 0.2) is 0 Å². The number of benzene rings is 2. The van der Waals surface area contributed by atoms with Gasteiger partial charge in [-0.2, -0.15) is 0 Å². The highest BCUT2D eigenvalue weighted by Gasteiger charge is 2.25. The van der Waals surface area contributed by atoms with Crippen LogP contribution in [0.1, 0.15) is 11.1 Å². The Labute approximate surface area is 132 Å². The molecule has 1 aliphatic rings. The minimum absolute atomic E-state index is 0. The third kappa shape index (κ3) is 2.50. The van der Waals surface area contributed by atoms with Gasteiger partial charge in [0.1, 0.15) is 12.2 Å². The minimum atomic E-state index is 0. The van der Waals surface area contributed by atoms with E-state index in [1.165, 1.54) is 5.56 Å². The van der Waals surface area contributed by atoms with Crippen molar-refractivity contribution in [2.24, 2.45) is 5.73 Å². The van der Waals surface area contributed by atoms with E-state index in [0.717, 1.165) is 23.6 Å². The van der Waals surface area contributed by atoms with Crippen LogP contribution in [0.2, 0.25) is 10.0 Å². The van der Waals surface area contributed by atoms with E-state index in [4.69, 9.17) is 28.9 Å². The summed E-state index contributed by atoms with van der Waals surface area (Å²) in [5.41, 5.74) is 9.44. The Morgan fingerprint density at radius 2 is 1.74 bits per heavy atom. The van der Waals surface area contributed by atoms with E-state index in [-0.39, 0.29) is 17.0 Å². The van der Waals surface area contributed by atoms with Crippen molar-refractivity contribution in [2.45, 2.75) is 6.54 Å². The number of nitrogens with two attached hydrogens (primary N) is 1. The van der Waals surface area contributed by atoms with Crippen molar-refractivity contribution in [1.82, 2.24) is 0 Å². The molecule has 3 rings (SSSR count). The van der Waals surface area contributed by atoms with Crippen molar-refractivity contribution < 1.29 is 21.6 Å². The fourth-order valence-corrected chi connectivity index (χ4v) is 2.48. The Kier molecular flexibility index (Phi) is 4.19. The first-order valence-corrected chi connectivity index (χ1v) is 6.35. The number of hydrogen-bond donors (Lipinski definition) is 1. The van der Waals surface area contributed by atoms with E-state index in [1.54, 1.807) is 6.07 Å². The summed E-state index contributed by atoms with van der Waals surface area (Å²) in [7, 11) is 0. The number of rotatable bonds is 1. The number of nitrogens with zero attached hydrogens (tertiary/aromatic N) is 1. The molecule has 0 spiro atoms. The molecule has 2 nitrogen and oxygen atoms in total. The molecule has 19 heavy (non-hydrogen) atoms. The van der Waals surface area contributed by atoms with Crippen LogP contribution in [0, 0.1) is 0 Å². The zero-order valence-electron chi connectivity index (χ0n) is 9.91. The Morgan fingerprint density at radius 1 is 1.00 bits per heavy atom. The van der Waals surface area contributed by atoms with Crippen molar-refractivity contribution >= 4 is 34.7 Å². The van der Waals surface area contributed by atoms with Crippen LogP contribution < -0.4 is 22.7 Å². The normalized spacial score (nSPS) is 13.2. The maximum atomic E-state index is 6.18. The van der Waals surface area contributed by atoms with Crippen LogP contribution in [0.15, 0.2) is 42.5 Å². The number of halogens is 3. The average Bonchev–Trinajstić information content (AvgIpc) is 2.71. The van der Waals surface area contributed by atoms with Crippen molar-refractivity contribution in [1.29, 1.82) is 0 Å². The van der Waals surface area contributed by atoms with Gasteiger partial charge in [0.25, 0.3) is 5.84 Å². The van der Waals surface area contributed by atoms with E-state index >= 15 is 0 Å². The number of amidine groups is 1. The standard InChI is InChI=1S/C14H10Cl2N2.BrH/c15-12-6-5-10(7-13(12)16)18-8-9-3-1-2-4-11(9)14(18)17;/h1-7,17H,8H2;1H. The number of fused-ring (bicyclic) bond motifs is 1. The van der Waals surface area contributed by atoms with E-state index in [2.05, 4.69) is 6.07 Å². The van der Waals surface area contributed by atoms with E-state index < -0.39 is 0 Å². The van der Waals surface area contributed by atoms with Crippen LogP contribution in [0.25, 0.3) is 0 Å². The Bertz CT molecular complexity index is 668. The van der Waals surface area contributed by atoms with Gasteiger partial charge >= 0.3 is 0 Å². The zero-order valence-corrected chi connectivity index (χ0v) is 13.0. The monoisotopic (exact) mass is 356 g/mol. The van der Waals surface area contributed by atoms with Gasteiger partial charge in [0, 0.05) is 11.6 Å². The predicted molar refractivity (Wildman–Crippen MR) is 74.8 cm³/mol. The third-order valence-corrected chi connectivity index (χ3v) is 3.87. The second-order valence-electron chi connectivity index (χ2n) is 4.23. The number of hydrogen-bond acceptors (Lipinski definition) is 1. The van der Waals surface area contributed by atoms with E-state index in [0.29, 0.717) is 10.0 Å². The molecule has 0 unspecified atom stereocenters. The molecule has 2 aromatic carbocycles. The first-order valence-electron chi connectivity index (χ1n) is 5.60. The van der Waals surface area contributed by atoms with Crippen molar-refractivity contribution in [3.05, 3.63) is 63.6 Å². The maximum Gasteiger partial charge on any atom is 0.280 e. The first-order chi connectivity index (χ1) is 8.66. The maximum absolute atomic E-state index is 6.18. The Balaban J connectivity index is 0.00000133. The summed E-state index contributed by atoms with van der Waals surface area (Å²) in [5, 5.41) is 1.09. The smallest absolute Gasteiger partial charge is 0.280 e. The highest BCUT2D eigenvalue weighted by molar-refractivity contribution is 6.42. The van der Waals surface area contributed by atoms with Crippen LogP contribution in [-0.2, 0) is 6.54 Å². The minimum Gasteiger partial charge on any atom is -1.00 e. The molecule has 0 saturated heterocycles. The summed E-state index contributed by atoms with van der Waals surface area (Å²) in [6, 6.07) is 13.7. The second kappa shape index (κ2) is 5.53. The van der Waals surface area contributed by atoms with Crippen LogP contribution in [0.3, 0.4) is 0 Å². The third-order valence-electron chi connectivity index (χ3n) is 3.13. The molecular weight excluding hydrogens is 347 g/mol. The summed E-state index contributed by atoms with van der Waals surface area (Å²) < 4.78 is 2.03. The molecular formula is C14H11BrCl2N2. The fraction of sp³-hybridized carbons (Fsp3) is 0.0714. The molecule has 1 aliphatic heterocycles. The molecule has 0 aliphatic carbocycles. The van der Waals surface area contributed by atoms with Crippen LogP contribution in [0.5, 0.6) is 0 Å². The van der Waals surface area contributed by atoms with Gasteiger partial charge in [0.05, 0.1) is 15.6 Å². The molecule has 0 saturated carbocycles. The molecule has 0 amide bonds. The van der Waals surface area contributed by atoms with Crippen LogP contribution in [0.4, 0.5) is 5.69 Å². The van der Waals surface area contributed by atoms with Crippen LogP contribution in [-0.4, -0.2) is 10.4 Å². The van der Waals surface area contributed by atoms with E-state index in [9.17, 15) is 0 Å². The van der Waals surface area contributed by atoms with Gasteiger partial charge in [-0.05, 0) is 18.2 Å². The fourth-order valence-electron chi connectivity index (χ4n) is 2.19. The lowest BCUT2D eigenvalue weighted by atomic mass is 10.1. The molecule has 2 aromatic rings. The molecule has 1 heterocycles. The topological polar surface area (TPSA) is 29.0 Å². The molecule has 0 aromatic heterocycles. The lowest BCUT2D eigenvalue weighted by molar-refractivity contribution is -0.453. The Morgan fingerprint density at radius 3 is 2.42 bits per heavy atom. The van der Waals surface area contributed by atoms with Crippen molar-refractivity contribution in [3.8, 4) is 0 Å². The largest absolute Gasteiger partial charge is 1.00 e. The highest BCUT2D eigenvalue weighted by Crippen LogP contribution is 2.29. The molecule has 5 heteroatoms. The van der Waals surface area contributed by atoms with Gasteiger partial charge in [-0.3, -0.25) is 5.73 Å². The van der Waals surface area contributed by atoms with Gasteiger partial charge in [-0.15, -0.1) is 0 Å². The molecule has 0 atom stereocenters. The van der Waals surface area contributed by atoms with E-state index in [1.807, 2.05) is 34.9 Å². The van der Waals surface area contributed by atoms with Crippen molar-refractivity contribution in [2.75, 3.05) is 0 Å².